The molecule has 0 radical (unpaired) electrons. The summed E-state index contributed by atoms with van der Waals surface area (Å²) in [6, 6.07) is 15.8. The molecule has 1 aliphatic carbocycles. The monoisotopic (exact) mass is 452 g/mol. The van der Waals surface area contributed by atoms with Crippen LogP contribution in [-0.2, 0) is 19.1 Å². The van der Waals surface area contributed by atoms with Gasteiger partial charge in [0.2, 0.25) is 5.91 Å². The molecule has 0 spiro atoms. The fraction of sp³-hybridized carbons (Fsp3) is 0.400. The topological polar surface area (TPSA) is 114 Å². The molecule has 2 aliphatic rings. The van der Waals surface area contributed by atoms with Crippen LogP contribution in [0.25, 0.3) is 11.1 Å². The smallest absolute Gasteiger partial charge is 0.407 e. The number of hydrogen-bond acceptors (Lipinski definition) is 5. The molecular formula is C25H28N2O6. The summed E-state index contributed by atoms with van der Waals surface area (Å²) in [6.45, 7) is 2.35. The van der Waals surface area contributed by atoms with E-state index in [1.807, 2.05) is 24.3 Å². The number of amides is 2. The minimum Gasteiger partial charge on any atom is -0.481 e. The predicted molar refractivity (Wildman–Crippen MR) is 121 cm³/mol. The molecule has 0 bridgehead atoms. The van der Waals surface area contributed by atoms with E-state index in [1.54, 1.807) is 6.92 Å². The summed E-state index contributed by atoms with van der Waals surface area (Å²) in [6.07, 6.45) is -0.413. The normalized spacial score (nSPS) is 19.9. The van der Waals surface area contributed by atoms with Gasteiger partial charge < -0.3 is 25.2 Å². The number of hydrogen-bond donors (Lipinski definition) is 3. The lowest BCUT2D eigenvalue weighted by atomic mass is 9.98. The molecule has 1 heterocycles. The maximum absolute atomic E-state index is 12.3. The van der Waals surface area contributed by atoms with Crippen LogP contribution in [0, 0.1) is 5.92 Å². The first-order valence-electron chi connectivity index (χ1n) is 11.1. The summed E-state index contributed by atoms with van der Waals surface area (Å²) in [7, 11) is 0. The second-order valence-corrected chi connectivity index (χ2v) is 8.61. The zero-order chi connectivity index (χ0) is 23.4. The van der Waals surface area contributed by atoms with Gasteiger partial charge in [0.1, 0.15) is 6.61 Å². The number of aliphatic carboxylic acids is 1. The van der Waals surface area contributed by atoms with Crippen LogP contribution in [0.3, 0.4) is 0 Å². The lowest BCUT2D eigenvalue weighted by Crippen LogP contribution is -2.39. The summed E-state index contributed by atoms with van der Waals surface area (Å²) in [5, 5.41) is 14.4. The first-order chi connectivity index (χ1) is 15.9. The van der Waals surface area contributed by atoms with Gasteiger partial charge in [0.15, 0.2) is 0 Å². The molecule has 3 atom stereocenters. The molecule has 1 fully saturated rings. The molecule has 2 aromatic carbocycles. The number of fused-ring (bicyclic) bond motifs is 3. The molecular weight excluding hydrogens is 424 g/mol. The molecule has 4 rings (SSSR count). The van der Waals surface area contributed by atoms with Crippen LogP contribution in [0.1, 0.15) is 36.8 Å². The molecule has 2 amide bonds. The Morgan fingerprint density at radius 2 is 1.73 bits per heavy atom. The minimum absolute atomic E-state index is 0.0252. The van der Waals surface area contributed by atoms with Crippen molar-refractivity contribution < 1.29 is 29.0 Å². The van der Waals surface area contributed by atoms with Crippen molar-refractivity contribution in [2.75, 3.05) is 19.8 Å². The number of carbonyl (C=O) groups excluding carboxylic acids is 2. The van der Waals surface area contributed by atoms with Crippen molar-refractivity contribution in [1.29, 1.82) is 0 Å². The molecule has 1 aliphatic heterocycles. The van der Waals surface area contributed by atoms with Gasteiger partial charge in [-0.15, -0.1) is 0 Å². The van der Waals surface area contributed by atoms with E-state index in [2.05, 4.69) is 34.9 Å². The largest absolute Gasteiger partial charge is 0.481 e. The highest BCUT2D eigenvalue weighted by Crippen LogP contribution is 2.44. The van der Waals surface area contributed by atoms with E-state index in [4.69, 9.17) is 14.6 Å². The third-order valence-electron chi connectivity index (χ3n) is 6.16. The predicted octanol–water partition coefficient (Wildman–Crippen LogP) is 2.91. The standard InChI is InChI=1S/C25H28N2O6/c1-15(10-23(28)26-12-17-11-16(13-32-17)24(29)30)27-25(31)33-14-22-20-8-4-2-6-18(20)19-7-3-5-9-21(19)22/h2-9,15-17,22H,10-14H2,1H3,(H,26,28)(H,27,31)(H,29,30)/t15-,16?,17?/m1/s1. The number of alkyl carbamates (subject to hydrolysis) is 1. The van der Waals surface area contributed by atoms with Crippen molar-refractivity contribution in [2.45, 2.75) is 37.8 Å². The average molecular weight is 453 g/mol. The van der Waals surface area contributed by atoms with Gasteiger partial charge in [0.05, 0.1) is 18.6 Å². The van der Waals surface area contributed by atoms with Crippen LogP contribution >= 0.6 is 0 Å². The highest BCUT2D eigenvalue weighted by atomic mass is 16.5. The van der Waals surface area contributed by atoms with Gasteiger partial charge >= 0.3 is 12.1 Å². The summed E-state index contributed by atoms with van der Waals surface area (Å²) in [4.78, 5) is 35.5. The number of carboxylic acids is 1. The van der Waals surface area contributed by atoms with Crippen LogP contribution in [0.5, 0.6) is 0 Å². The lowest BCUT2D eigenvalue weighted by molar-refractivity contribution is -0.141. The Morgan fingerprint density at radius 1 is 1.09 bits per heavy atom. The highest BCUT2D eigenvalue weighted by Gasteiger charge is 2.31. The molecule has 174 valence electrons. The van der Waals surface area contributed by atoms with Gasteiger partial charge in [-0.1, -0.05) is 48.5 Å². The molecule has 1 saturated heterocycles. The Morgan fingerprint density at radius 3 is 2.33 bits per heavy atom. The summed E-state index contributed by atoms with van der Waals surface area (Å²) in [5.41, 5.74) is 4.59. The molecule has 0 saturated carbocycles. The van der Waals surface area contributed by atoms with Crippen LogP contribution in [-0.4, -0.2) is 55.0 Å². The number of rotatable bonds is 8. The van der Waals surface area contributed by atoms with Crippen molar-refractivity contribution in [3.8, 4) is 11.1 Å². The first-order valence-corrected chi connectivity index (χ1v) is 11.1. The van der Waals surface area contributed by atoms with Gasteiger partial charge in [-0.3, -0.25) is 9.59 Å². The van der Waals surface area contributed by atoms with Crippen LogP contribution < -0.4 is 10.6 Å². The lowest BCUT2D eigenvalue weighted by Gasteiger charge is -2.17. The van der Waals surface area contributed by atoms with Gasteiger partial charge in [-0.2, -0.15) is 0 Å². The Kier molecular flexibility index (Phi) is 6.93. The highest BCUT2D eigenvalue weighted by molar-refractivity contribution is 5.79. The van der Waals surface area contributed by atoms with Crippen molar-refractivity contribution >= 4 is 18.0 Å². The zero-order valence-electron chi connectivity index (χ0n) is 18.5. The number of benzene rings is 2. The SMILES string of the molecule is C[C@H](CC(=O)NCC1CC(C(=O)O)CO1)NC(=O)OCC1c2ccccc2-c2ccccc21. The molecule has 0 aromatic heterocycles. The number of carboxylic acid groups (broad SMARTS) is 1. The maximum Gasteiger partial charge on any atom is 0.407 e. The van der Waals surface area contributed by atoms with Gasteiger partial charge in [0, 0.05) is 24.9 Å². The third kappa shape index (κ3) is 5.34. The summed E-state index contributed by atoms with van der Waals surface area (Å²) < 4.78 is 10.9. The zero-order valence-corrected chi connectivity index (χ0v) is 18.5. The van der Waals surface area contributed by atoms with Gasteiger partial charge in [-0.25, -0.2) is 4.79 Å². The first kappa shape index (κ1) is 22.8. The molecule has 3 N–H and O–H groups in total. The number of carbonyl (C=O) groups is 3. The van der Waals surface area contributed by atoms with E-state index in [1.165, 1.54) is 0 Å². The fourth-order valence-corrected chi connectivity index (χ4v) is 4.49. The maximum atomic E-state index is 12.3. The van der Waals surface area contributed by atoms with E-state index >= 15 is 0 Å². The van der Waals surface area contributed by atoms with Crippen molar-refractivity contribution in [3.63, 3.8) is 0 Å². The van der Waals surface area contributed by atoms with E-state index in [9.17, 15) is 14.4 Å². The number of ether oxygens (including phenoxy) is 2. The van der Waals surface area contributed by atoms with E-state index in [-0.39, 0.29) is 44.1 Å². The minimum atomic E-state index is -0.884. The average Bonchev–Trinajstić information content (AvgIpc) is 3.39. The molecule has 33 heavy (non-hydrogen) atoms. The Labute approximate surface area is 192 Å². The van der Waals surface area contributed by atoms with Crippen LogP contribution in [0.15, 0.2) is 48.5 Å². The van der Waals surface area contributed by atoms with Gasteiger partial charge in [0.25, 0.3) is 0 Å². The second kappa shape index (κ2) is 10.0. The van der Waals surface area contributed by atoms with Gasteiger partial charge in [-0.05, 0) is 35.6 Å². The Balaban J connectivity index is 1.22. The van der Waals surface area contributed by atoms with Crippen molar-refractivity contribution in [2.24, 2.45) is 5.92 Å². The molecule has 2 aromatic rings. The molecule has 2 unspecified atom stereocenters. The van der Waals surface area contributed by atoms with E-state index in [0.29, 0.717) is 6.42 Å². The number of nitrogens with one attached hydrogen (secondary N) is 2. The van der Waals surface area contributed by atoms with Crippen molar-refractivity contribution in [3.05, 3.63) is 59.7 Å². The van der Waals surface area contributed by atoms with E-state index in [0.717, 1.165) is 22.3 Å². The quantitative estimate of drug-likeness (QED) is 0.568. The van der Waals surface area contributed by atoms with E-state index < -0.39 is 24.0 Å². The van der Waals surface area contributed by atoms with Crippen molar-refractivity contribution in [1.82, 2.24) is 10.6 Å². The molecule has 8 heteroatoms. The Bertz CT molecular complexity index is 994. The fourth-order valence-electron chi connectivity index (χ4n) is 4.49. The Hall–Kier alpha value is -3.39. The third-order valence-corrected chi connectivity index (χ3v) is 6.16. The van der Waals surface area contributed by atoms with Crippen LogP contribution in [0.2, 0.25) is 0 Å². The summed E-state index contributed by atoms with van der Waals surface area (Å²) >= 11 is 0. The second-order valence-electron chi connectivity index (χ2n) is 8.61. The molecule has 8 nitrogen and oxygen atoms in total. The summed E-state index contributed by atoms with van der Waals surface area (Å²) in [5.74, 6) is -1.68. The van der Waals surface area contributed by atoms with Crippen LogP contribution in [0.4, 0.5) is 4.79 Å².